The van der Waals surface area contributed by atoms with Gasteiger partial charge in [-0.25, -0.2) is 0 Å². The molecule has 2 aromatic heterocycles. The molecule has 0 bridgehead atoms. The number of nitrogens with zero attached hydrogens (tertiary/aromatic N) is 4. The number of aromatic nitrogens is 3. The number of rotatable bonds is 4. The first-order chi connectivity index (χ1) is 8.79. The molecule has 0 spiro atoms. The van der Waals surface area contributed by atoms with Gasteiger partial charge in [0.05, 0.1) is 31.2 Å². The Balaban J connectivity index is 1.81. The number of nitrogens with one attached hydrogen (secondary N) is 2. The summed E-state index contributed by atoms with van der Waals surface area (Å²) in [4.78, 5) is 4.12. The van der Waals surface area contributed by atoms with E-state index in [0.717, 1.165) is 11.5 Å². The Labute approximate surface area is 105 Å². The van der Waals surface area contributed by atoms with Gasteiger partial charge in [-0.3, -0.25) is 9.67 Å². The van der Waals surface area contributed by atoms with Crippen molar-refractivity contribution in [3.05, 3.63) is 36.0 Å². The maximum absolute atomic E-state index is 5.23. The van der Waals surface area contributed by atoms with Crippen molar-refractivity contribution in [1.29, 1.82) is 0 Å². The second-order valence-corrected chi connectivity index (χ2v) is 3.71. The quantitative estimate of drug-likeness (QED) is 0.600. The SMILES string of the molecule is CN=C(NCc1ccco1)NCc1cnnn1C. The highest BCUT2D eigenvalue weighted by molar-refractivity contribution is 5.79. The van der Waals surface area contributed by atoms with Crippen LogP contribution in [0.15, 0.2) is 34.0 Å². The fourth-order valence-electron chi connectivity index (χ4n) is 1.45. The second kappa shape index (κ2) is 5.85. The summed E-state index contributed by atoms with van der Waals surface area (Å²) in [5.74, 6) is 1.56. The van der Waals surface area contributed by atoms with E-state index >= 15 is 0 Å². The summed E-state index contributed by atoms with van der Waals surface area (Å²) in [5, 5.41) is 14.0. The van der Waals surface area contributed by atoms with Gasteiger partial charge in [0, 0.05) is 14.1 Å². The third-order valence-electron chi connectivity index (χ3n) is 2.48. The van der Waals surface area contributed by atoms with E-state index in [9.17, 15) is 0 Å². The van der Waals surface area contributed by atoms with Gasteiger partial charge in [-0.2, -0.15) is 0 Å². The predicted molar refractivity (Wildman–Crippen MR) is 66.7 cm³/mol. The van der Waals surface area contributed by atoms with Crippen LogP contribution in [0, 0.1) is 0 Å². The van der Waals surface area contributed by atoms with Gasteiger partial charge in [0.25, 0.3) is 0 Å². The topological polar surface area (TPSA) is 80.3 Å². The van der Waals surface area contributed by atoms with Crippen molar-refractivity contribution in [2.24, 2.45) is 12.0 Å². The number of furan rings is 1. The normalized spacial score (nSPS) is 11.6. The first-order valence-corrected chi connectivity index (χ1v) is 5.60. The lowest BCUT2D eigenvalue weighted by atomic mass is 10.4. The van der Waals surface area contributed by atoms with Crippen molar-refractivity contribution in [2.45, 2.75) is 13.1 Å². The Morgan fingerprint density at radius 2 is 2.28 bits per heavy atom. The molecule has 2 rings (SSSR count). The van der Waals surface area contributed by atoms with E-state index in [2.05, 4.69) is 25.9 Å². The maximum Gasteiger partial charge on any atom is 0.191 e. The zero-order valence-corrected chi connectivity index (χ0v) is 10.4. The van der Waals surface area contributed by atoms with E-state index in [1.807, 2.05) is 19.2 Å². The molecule has 7 nitrogen and oxygen atoms in total. The zero-order valence-electron chi connectivity index (χ0n) is 10.4. The molecule has 0 aliphatic heterocycles. The summed E-state index contributed by atoms with van der Waals surface area (Å²) in [6.07, 6.45) is 3.36. The summed E-state index contributed by atoms with van der Waals surface area (Å²) < 4.78 is 6.94. The molecule has 0 atom stereocenters. The average molecular weight is 248 g/mol. The molecule has 7 heteroatoms. The molecule has 0 amide bonds. The lowest BCUT2D eigenvalue weighted by Gasteiger charge is -2.10. The third kappa shape index (κ3) is 3.09. The summed E-state index contributed by atoms with van der Waals surface area (Å²) >= 11 is 0. The molecule has 0 saturated heterocycles. The van der Waals surface area contributed by atoms with Gasteiger partial charge in [0.15, 0.2) is 5.96 Å². The van der Waals surface area contributed by atoms with Crippen LogP contribution in [-0.2, 0) is 20.1 Å². The minimum atomic E-state index is 0.594. The molecule has 2 N–H and O–H groups in total. The second-order valence-electron chi connectivity index (χ2n) is 3.71. The fraction of sp³-hybridized carbons (Fsp3) is 0.364. The molecule has 0 radical (unpaired) electrons. The van der Waals surface area contributed by atoms with Crippen LogP contribution in [0.1, 0.15) is 11.5 Å². The summed E-state index contributed by atoms with van der Waals surface area (Å²) in [7, 11) is 3.57. The highest BCUT2D eigenvalue weighted by Crippen LogP contribution is 1.98. The highest BCUT2D eigenvalue weighted by Gasteiger charge is 2.02. The van der Waals surface area contributed by atoms with Crippen LogP contribution in [-0.4, -0.2) is 28.0 Å². The Kier molecular flexibility index (Phi) is 3.95. The molecular formula is C11H16N6O. The molecular weight excluding hydrogens is 232 g/mol. The van der Waals surface area contributed by atoms with Gasteiger partial charge >= 0.3 is 0 Å². The number of aliphatic imine (C=N–C) groups is 1. The Bertz CT molecular complexity index is 501. The van der Waals surface area contributed by atoms with E-state index in [1.165, 1.54) is 0 Å². The van der Waals surface area contributed by atoms with Gasteiger partial charge in [-0.15, -0.1) is 5.10 Å². The molecule has 0 aliphatic rings. The van der Waals surface area contributed by atoms with Crippen LogP contribution in [0.25, 0.3) is 0 Å². The van der Waals surface area contributed by atoms with Gasteiger partial charge in [-0.1, -0.05) is 5.21 Å². The van der Waals surface area contributed by atoms with Crippen molar-refractivity contribution in [3.63, 3.8) is 0 Å². The Morgan fingerprint density at radius 1 is 1.44 bits per heavy atom. The standard InChI is InChI=1S/C11H16N6O/c1-12-11(14-8-10-4-3-5-18-10)13-6-9-7-15-16-17(9)2/h3-5,7H,6,8H2,1-2H3,(H2,12,13,14). The van der Waals surface area contributed by atoms with Gasteiger partial charge < -0.3 is 15.1 Å². The van der Waals surface area contributed by atoms with Crippen molar-refractivity contribution >= 4 is 5.96 Å². The average Bonchev–Trinajstić information content (AvgIpc) is 3.01. The molecule has 2 heterocycles. The van der Waals surface area contributed by atoms with Gasteiger partial charge in [-0.05, 0) is 12.1 Å². The number of hydrogen-bond donors (Lipinski definition) is 2. The minimum Gasteiger partial charge on any atom is -0.467 e. The molecule has 0 aromatic carbocycles. The van der Waals surface area contributed by atoms with Crippen LogP contribution >= 0.6 is 0 Å². The van der Waals surface area contributed by atoms with Gasteiger partial charge in [0.2, 0.25) is 0 Å². The zero-order chi connectivity index (χ0) is 12.8. The van der Waals surface area contributed by atoms with Crippen molar-refractivity contribution in [2.75, 3.05) is 7.05 Å². The van der Waals surface area contributed by atoms with Crippen LogP contribution < -0.4 is 10.6 Å². The predicted octanol–water partition coefficient (Wildman–Crippen LogP) is 0.273. The highest BCUT2D eigenvalue weighted by atomic mass is 16.3. The minimum absolute atomic E-state index is 0.594. The fourth-order valence-corrected chi connectivity index (χ4v) is 1.45. The molecule has 0 fully saturated rings. The van der Waals surface area contributed by atoms with E-state index in [0.29, 0.717) is 19.0 Å². The van der Waals surface area contributed by atoms with Gasteiger partial charge in [0.1, 0.15) is 5.76 Å². The Morgan fingerprint density at radius 3 is 2.89 bits per heavy atom. The number of aryl methyl sites for hydroxylation is 1. The van der Waals surface area contributed by atoms with Crippen molar-refractivity contribution in [1.82, 2.24) is 25.6 Å². The molecule has 0 saturated carbocycles. The lowest BCUT2D eigenvalue weighted by Crippen LogP contribution is -2.36. The summed E-state index contributed by atoms with van der Waals surface area (Å²) in [6.45, 7) is 1.21. The largest absolute Gasteiger partial charge is 0.467 e. The summed E-state index contributed by atoms with van der Waals surface area (Å²) in [5.41, 5.74) is 0.982. The molecule has 96 valence electrons. The van der Waals surface area contributed by atoms with Crippen LogP contribution in [0.3, 0.4) is 0 Å². The third-order valence-corrected chi connectivity index (χ3v) is 2.48. The van der Waals surface area contributed by atoms with E-state index in [1.54, 1.807) is 24.2 Å². The molecule has 18 heavy (non-hydrogen) atoms. The maximum atomic E-state index is 5.23. The van der Waals surface area contributed by atoms with Crippen LogP contribution in [0.2, 0.25) is 0 Å². The van der Waals surface area contributed by atoms with E-state index in [-0.39, 0.29) is 0 Å². The Hall–Kier alpha value is -2.31. The van der Waals surface area contributed by atoms with E-state index < -0.39 is 0 Å². The smallest absolute Gasteiger partial charge is 0.191 e. The summed E-state index contributed by atoms with van der Waals surface area (Å²) in [6, 6.07) is 3.76. The first kappa shape index (κ1) is 12.2. The molecule has 2 aromatic rings. The van der Waals surface area contributed by atoms with Crippen molar-refractivity contribution in [3.8, 4) is 0 Å². The van der Waals surface area contributed by atoms with Crippen LogP contribution in [0.5, 0.6) is 0 Å². The first-order valence-electron chi connectivity index (χ1n) is 5.60. The molecule has 0 unspecified atom stereocenters. The lowest BCUT2D eigenvalue weighted by molar-refractivity contribution is 0.501. The van der Waals surface area contributed by atoms with Crippen molar-refractivity contribution < 1.29 is 4.42 Å². The van der Waals surface area contributed by atoms with Crippen LogP contribution in [0.4, 0.5) is 0 Å². The van der Waals surface area contributed by atoms with E-state index in [4.69, 9.17) is 4.42 Å². The monoisotopic (exact) mass is 248 g/mol. The number of guanidine groups is 1. The number of hydrogen-bond acceptors (Lipinski definition) is 4. The molecule has 0 aliphatic carbocycles.